The van der Waals surface area contributed by atoms with Crippen LogP contribution in [0.5, 0.6) is 0 Å². The molecule has 94 valence electrons. The van der Waals surface area contributed by atoms with Gasteiger partial charge in [-0.15, -0.1) is 0 Å². The zero-order valence-electron chi connectivity index (χ0n) is 8.83. The maximum absolute atomic E-state index is 11.9. The number of alkyl halides is 3. The molecular formula is C10H11F3N2OS. The van der Waals surface area contributed by atoms with Crippen LogP contribution in [-0.4, -0.2) is 22.8 Å². The van der Waals surface area contributed by atoms with Gasteiger partial charge in [0, 0.05) is 11.8 Å². The van der Waals surface area contributed by atoms with Crippen LogP contribution >= 0.6 is 12.2 Å². The van der Waals surface area contributed by atoms with Crippen molar-refractivity contribution in [1.29, 1.82) is 0 Å². The summed E-state index contributed by atoms with van der Waals surface area (Å²) in [7, 11) is 0. The van der Waals surface area contributed by atoms with Crippen LogP contribution in [0.2, 0.25) is 0 Å². The normalized spacial score (nSPS) is 11.5. The molecule has 0 aliphatic rings. The summed E-state index contributed by atoms with van der Waals surface area (Å²) in [4.78, 5) is 4.03. The van der Waals surface area contributed by atoms with Gasteiger partial charge in [-0.2, -0.15) is 13.2 Å². The molecule has 1 heterocycles. The Hall–Kier alpha value is -1.21. The average molecular weight is 264 g/mol. The van der Waals surface area contributed by atoms with Gasteiger partial charge in [0.15, 0.2) is 0 Å². The van der Waals surface area contributed by atoms with E-state index in [2.05, 4.69) is 4.98 Å². The minimum absolute atomic E-state index is 0.0105. The largest absolute Gasteiger partial charge is 0.391 e. The Morgan fingerprint density at radius 3 is 2.76 bits per heavy atom. The van der Waals surface area contributed by atoms with Crippen molar-refractivity contribution in [2.75, 3.05) is 6.61 Å². The maximum Gasteiger partial charge on any atom is 0.391 e. The number of thiocarbonyl (C=S) groups is 1. The van der Waals surface area contributed by atoms with Gasteiger partial charge in [-0.1, -0.05) is 18.3 Å². The molecule has 0 saturated heterocycles. The van der Waals surface area contributed by atoms with Crippen molar-refractivity contribution in [1.82, 2.24) is 4.98 Å². The number of ether oxygens (including phenoxy) is 1. The number of nitrogens with two attached hydrogens (primary N) is 1. The van der Waals surface area contributed by atoms with E-state index < -0.39 is 19.2 Å². The molecule has 0 amide bonds. The molecule has 0 radical (unpaired) electrons. The molecule has 0 atom stereocenters. The number of rotatable bonds is 5. The summed E-state index contributed by atoms with van der Waals surface area (Å²) in [6.07, 6.45) is -3.68. The molecule has 0 aliphatic carbocycles. The van der Waals surface area contributed by atoms with Crippen LogP contribution in [0.3, 0.4) is 0 Å². The minimum Gasteiger partial charge on any atom is -0.388 e. The van der Waals surface area contributed by atoms with Gasteiger partial charge >= 0.3 is 6.18 Å². The fraction of sp³-hybridized carbons (Fsp3) is 0.400. The van der Waals surface area contributed by atoms with E-state index in [4.69, 9.17) is 22.7 Å². The van der Waals surface area contributed by atoms with Gasteiger partial charge in [-0.25, -0.2) is 0 Å². The fourth-order valence-electron chi connectivity index (χ4n) is 1.15. The van der Waals surface area contributed by atoms with E-state index in [9.17, 15) is 13.2 Å². The smallest absolute Gasteiger partial charge is 0.388 e. The van der Waals surface area contributed by atoms with Crippen molar-refractivity contribution in [2.24, 2.45) is 5.73 Å². The second-order valence-electron chi connectivity index (χ2n) is 3.29. The predicted octanol–water partition coefficient (Wildman–Crippen LogP) is 2.18. The van der Waals surface area contributed by atoms with Crippen LogP contribution in [0.1, 0.15) is 17.7 Å². The molecule has 0 saturated carbocycles. The zero-order valence-corrected chi connectivity index (χ0v) is 9.64. The van der Waals surface area contributed by atoms with E-state index >= 15 is 0 Å². The van der Waals surface area contributed by atoms with Gasteiger partial charge in [-0.3, -0.25) is 4.98 Å². The highest BCUT2D eigenvalue weighted by molar-refractivity contribution is 7.80. The van der Waals surface area contributed by atoms with Gasteiger partial charge in [-0.05, 0) is 6.07 Å². The predicted molar refractivity (Wildman–Crippen MR) is 60.5 cm³/mol. The molecule has 0 aliphatic heterocycles. The van der Waals surface area contributed by atoms with Crippen LogP contribution in [0.4, 0.5) is 13.2 Å². The first-order valence-electron chi connectivity index (χ1n) is 4.78. The number of halogens is 3. The minimum atomic E-state index is -4.21. The zero-order chi connectivity index (χ0) is 12.9. The van der Waals surface area contributed by atoms with Gasteiger partial charge in [0.25, 0.3) is 0 Å². The Bertz CT molecular complexity index is 395. The lowest BCUT2D eigenvalue weighted by Gasteiger charge is -2.09. The van der Waals surface area contributed by atoms with Crippen molar-refractivity contribution >= 4 is 17.2 Å². The SMILES string of the molecule is NC(=S)c1ncccc1COCCC(F)(F)F. The first-order valence-corrected chi connectivity index (χ1v) is 5.19. The summed E-state index contributed by atoms with van der Waals surface area (Å²) in [6, 6.07) is 3.30. The summed E-state index contributed by atoms with van der Waals surface area (Å²) in [5, 5.41) is 0. The second-order valence-corrected chi connectivity index (χ2v) is 3.73. The Morgan fingerprint density at radius 1 is 1.47 bits per heavy atom. The van der Waals surface area contributed by atoms with E-state index in [-0.39, 0.29) is 11.6 Å². The highest BCUT2D eigenvalue weighted by atomic mass is 32.1. The van der Waals surface area contributed by atoms with Crippen molar-refractivity contribution < 1.29 is 17.9 Å². The molecule has 0 unspecified atom stereocenters. The Kier molecular flexibility index (Phi) is 4.83. The summed E-state index contributed by atoms with van der Waals surface area (Å²) in [5.41, 5.74) is 6.39. The van der Waals surface area contributed by atoms with E-state index in [1.807, 2.05) is 0 Å². The Labute approximate surface area is 102 Å². The fourth-order valence-corrected chi connectivity index (χ4v) is 1.33. The lowest BCUT2D eigenvalue weighted by Crippen LogP contribution is -2.16. The van der Waals surface area contributed by atoms with E-state index in [1.54, 1.807) is 12.1 Å². The number of hydrogen-bond donors (Lipinski definition) is 1. The van der Waals surface area contributed by atoms with Gasteiger partial charge < -0.3 is 10.5 Å². The summed E-state index contributed by atoms with van der Waals surface area (Å²) < 4.78 is 40.5. The van der Waals surface area contributed by atoms with Crippen molar-refractivity contribution in [3.63, 3.8) is 0 Å². The molecule has 1 rings (SSSR count). The summed E-state index contributed by atoms with van der Waals surface area (Å²) in [6.45, 7) is -0.383. The standard InChI is InChI=1S/C10H11F3N2OS/c11-10(12,13)3-5-16-6-7-2-1-4-15-8(7)9(14)17/h1-2,4H,3,5-6H2,(H2,14,17). The summed E-state index contributed by atoms with van der Waals surface area (Å²) in [5.74, 6) is 0. The number of hydrogen-bond acceptors (Lipinski definition) is 3. The van der Waals surface area contributed by atoms with Gasteiger partial charge in [0.1, 0.15) is 10.7 Å². The molecular weight excluding hydrogens is 253 g/mol. The molecule has 2 N–H and O–H groups in total. The van der Waals surface area contributed by atoms with Gasteiger partial charge in [0.05, 0.1) is 19.6 Å². The molecule has 0 spiro atoms. The van der Waals surface area contributed by atoms with Crippen molar-refractivity contribution in [3.8, 4) is 0 Å². The third-order valence-corrected chi connectivity index (χ3v) is 2.11. The number of nitrogens with zero attached hydrogens (tertiary/aromatic N) is 1. The van der Waals surface area contributed by atoms with Crippen LogP contribution in [0.15, 0.2) is 18.3 Å². The lowest BCUT2D eigenvalue weighted by atomic mass is 10.2. The van der Waals surface area contributed by atoms with Crippen molar-refractivity contribution in [3.05, 3.63) is 29.6 Å². The molecule has 1 aromatic heterocycles. The lowest BCUT2D eigenvalue weighted by molar-refractivity contribution is -0.146. The highest BCUT2D eigenvalue weighted by Gasteiger charge is 2.26. The second kappa shape index (κ2) is 5.92. The molecule has 17 heavy (non-hydrogen) atoms. The van der Waals surface area contributed by atoms with Crippen molar-refractivity contribution in [2.45, 2.75) is 19.2 Å². The molecule has 0 fully saturated rings. The first-order chi connectivity index (χ1) is 7.90. The molecule has 3 nitrogen and oxygen atoms in total. The Balaban J connectivity index is 2.49. The third-order valence-electron chi connectivity index (χ3n) is 1.91. The highest BCUT2D eigenvalue weighted by Crippen LogP contribution is 2.19. The maximum atomic E-state index is 11.9. The van der Waals surface area contributed by atoms with Crippen LogP contribution in [-0.2, 0) is 11.3 Å². The summed E-state index contributed by atoms with van der Waals surface area (Å²) >= 11 is 4.77. The number of pyridine rings is 1. The quantitative estimate of drug-likeness (QED) is 0.654. The third kappa shape index (κ3) is 5.10. The first kappa shape index (κ1) is 13.9. The average Bonchev–Trinajstić information content (AvgIpc) is 2.23. The molecule has 0 aromatic carbocycles. The number of aromatic nitrogens is 1. The van der Waals surface area contributed by atoms with Crippen LogP contribution < -0.4 is 5.73 Å². The molecule has 0 bridgehead atoms. The van der Waals surface area contributed by atoms with Gasteiger partial charge in [0.2, 0.25) is 0 Å². The molecule has 1 aromatic rings. The van der Waals surface area contributed by atoms with E-state index in [0.717, 1.165) is 0 Å². The van der Waals surface area contributed by atoms with Crippen LogP contribution in [0, 0.1) is 0 Å². The monoisotopic (exact) mass is 264 g/mol. The van der Waals surface area contributed by atoms with Crippen LogP contribution in [0.25, 0.3) is 0 Å². The topological polar surface area (TPSA) is 48.1 Å². The van der Waals surface area contributed by atoms with E-state index in [1.165, 1.54) is 6.20 Å². The Morgan fingerprint density at radius 2 is 2.18 bits per heavy atom. The van der Waals surface area contributed by atoms with E-state index in [0.29, 0.717) is 11.3 Å². The molecule has 7 heteroatoms.